The van der Waals surface area contributed by atoms with Gasteiger partial charge in [-0.2, -0.15) is 0 Å². The van der Waals surface area contributed by atoms with Crippen LogP contribution in [0.4, 0.5) is 63.0 Å². The van der Waals surface area contributed by atoms with Crippen LogP contribution < -0.4 is 39.2 Å². The van der Waals surface area contributed by atoms with Crippen LogP contribution in [-0.2, 0) is 0 Å². The van der Waals surface area contributed by atoms with Gasteiger partial charge in [-0.1, -0.05) is 140 Å². The molecule has 0 unspecified atom stereocenters. The minimum atomic E-state index is -2.26. The van der Waals surface area contributed by atoms with Gasteiger partial charge in [0.2, 0.25) is 0 Å². The molecular formula is C89H93N13O3. The maximum Gasteiger partial charge on any atom is 0.178 e. The van der Waals surface area contributed by atoms with Crippen molar-refractivity contribution >= 4 is 129 Å². The predicted molar refractivity (Wildman–Crippen MR) is 437 cm³/mol. The minimum Gasteiger partial charge on any atom is -0.454 e. The molecule has 16 nitrogen and oxygen atoms in total. The lowest BCUT2D eigenvalue weighted by Gasteiger charge is -2.33. The van der Waals surface area contributed by atoms with E-state index in [9.17, 15) is 0 Å². The van der Waals surface area contributed by atoms with Crippen LogP contribution in [0, 0.1) is 34.6 Å². The van der Waals surface area contributed by atoms with Gasteiger partial charge in [-0.3, -0.25) is 0 Å². The Morgan fingerprint density at radius 3 is 1.25 bits per heavy atom. The summed E-state index contributed by atoms with van der Waals surface area (Å²) in [5.41, 5.74) is 20.4. The molecule has 0 N–H and O–H groups in total. The first-order valence-corrected chi connectivity index (χ1v) is 36.0. The molecule has 105 heavy (non-hydrogen) atoms. The zero-order valence-corrected chi connectivity index (χ0v) is 62.0. The number of para-hydroxylation sites is 7. The average Bonchev–Trinajstić information content (AvgIpc) is 1.61. The molecule has 0 fully saturated rings. The first kappa shape index (κ1) is 61.7. The molecule has 16 heteroatoms. The third-order valence-corrected chi connectivity index (χ3v) is 21.3. The molecule has 5 aliphatic rings. The van der Waals surface area contributed by atoms with E-state index < -0.39 is 14.0 Å². The van der Waals surface area contributed by atoms with Crippen molar-refractivity contribution in [1.29, 1.82) is 0 Å². The molecule has 0 radical (unpaired) electrons. The average molecular weight is 1400 g/mol. The molecule has 0 amide bonds. The predicted octanol–water partition coefficient (Wildman–Crippen LogP) is 21.6. The first-order valence-electron chi connectivity index (χ1n) is 39.0. The quantitative estimate of drug-likeness (QED) is 0.157. The van der Waals surface area contributed by atoms with E-state index >= 15 is 0 Å². The van der Waals surface area contributed by atoms with Crippen molar-refractivity contribution in [2.75, 3.05) is 67.2 Å². The Morgan fingerprint density at radius 2 is 0.743 bits per heavy atom. The van der Waals surface area contributed by atoms with Crippen LogP contribution in [0.1, 0.15) is 84.5 Å². The molecule has 14 aromatic rings. The maximum absolute atomic E-state index is 7.79. The van der Waals surface area contributed by atoms with E-state index in [0.29, 0.717) is 29.7 Å². The highest BCUT2D eigenvalue weighted by Crippen LogP contribution is 2.50. The van der Waals surface area contributed by atoms with Crippen molar-refractivity contribution in [2.45, 2.75) is 120 Å². The fourth-order valence-corrected chi connectivity index (χ4v) is 15.4. The second-order valence-corrected chi connectivity index (χ2v) is 28.0. The number of fused-ring (bicyclic) bond motifs is 12. The summed E-state index contributed by atoms with van der Waals surface area (Å²) in [6.45, 7) is 20.8. The summed E-state index contributed by atoms with van der Waals surface area (Å²) in [4.78, 5) is 33.4. The summed E-state index contributed by atoms with van der Waals surface area (Å²) in [6.07, 6.45) is 13.4. The Kier molecular flexibility index (Phi) is 16.5. The highest BCUT2D eigenvalue weighted by Gasteiger charge is 2.37. The molecule has 0 spiro atoms. The van der Waals surface area contributed by atoms with E-state index in [4.69, 9.17) is 21.5 Å². The van der Waals surface area contributed by atoms with Crippen molar-refractivity contribution in [3.8, 4) is 0 Å². The number of rotatable bonds is 6. The van der Waals surface area contributed by atoms with Crippen molar-refractivity contribution in [3.05, 3.63) is 265 Å². The highest BCUT2D eigenvalue weighted by molar-refractivity contribution is 6.12. The van der Waals surface area contributed by atoms with Crippen LogP contribution in [0.25, 0.3) is 65.8 Å². The van der Waals surface area contributed by atoms with Crippen LogP contribution in [0.3, 0.4) is 0 Å². The van der Waals surface area contributed by atoms with Gasteiger partial charge in [-0.15, -0.1) is 0 Å². The smallest absolute Gasteiger partial charge is 0.178 e. The number of anilines is 11. The number of hydrogen-bond acceptors (Lipinski definition) is 16. The van der Waals surface area contributed by atoms with Crippen LogP contribution in [-0.4, -0.2) is 89.7 Å². The first-order chi connectivity index (χ1) is 53.2. The number of hydrogen-bond donors (Lipinski definition) is 0. The molecular weight excluding hydrogens is 1300 g/mol. The summed E-state index contributed by atoms with van der Waals surface area (Å²) < 4.78 is 65.4. The minimum absolute atomic E-state index is 0.231. The molecule has 0 saturated carbocycles. The number of pyridine rings is 1. The Morgan fingerprint density at radius 1 is 0.333 bits per heavy atom. The fraction of sp³-hybridized carbons (Fsp3) is 0.247. The molecule has 0 aliphatic carbocycles. The number of nitrogens with zero attached hydrogens (tertiary/aromatic N) is 13. The number of aryl methyl sites for hydroxylation is 5. The van der Waals surface area contributed by atoms with Crippen LogP contribution in [0.2, 0.25) is 0 Å². The summed E-state index contributed by atoms with van der Waals surface area (Å²) in [5.74, 6) is 1.48. The summed E-state index contributed by atoms with van der Waals surface area (Å²) >= 11 is 0. The molecule has 532 valence electrons. The van der Waals surface area contributed by atoms with E-state index in [1.54, 1.807) is 12.4 Å². The van der Waals surface area contributed by atoms with Crippen LogP contribution in [0.5, 0.6) is 0 Å². The molecule has 5 aromatic heterocycles. The number of benzene rings is 9. The number of aromatic nitrogens is 3. The van der Waals surface area contributed by atoms with Gasteiger partial charge in [0, 0.05) is 129 Å². The van der Waals surface area contributed by atoms with Gasteiger partial charge >= 0.3 is 0 Å². The molecule has 5 aliphatic heterocycles. The third-order valence-electron chi connectivity index (χ3n) is 21.3. The second kappa shape index (κ2) is 28.0. The van der Waals surface area contributed by atoms with Crippen molar-refractivity contribution < 1.29 is 21.5 Å². The highest BCUT2D eigenvalue weighted by atomic mass is 16.3. The SMILES string of the molecule is Cc1ccc2c(oc3ccccc32)c1N1C=CN(C(C)C)[C@@H]1C.Cc1ccc2c(oc3ccccc32)c1N1C=CN(C)[C@@H]1C.Cc1ccc2c(oc3ccccc32)c1N1c2ccccc2N(C)[C@@H]1C.[2H]C([2H])([2H])N1c2ncccc2N(c2ccccc2C)[C@H]1C.[2H]C([2H])([2H])N1c2nccnc2N(c2ccccc2C)[C@H]1C. The van der Waals surface area contributed by atoms with Gasteiger partial charge in [0.1, 0.15) is 47.6 Å². The number of furan rings is 3. The zero-order valence-electron chi connectivity index (χ0n) is 68.0. The monoisotopic (exact) mass is 1400 g/mol. The topological polar surface area (TPSA) is 110 Å². The summed E-state index contributed by atoms with van der Waals surface area (Å²) in [5, 5.41) is 7.08. The molecule has 19 rings (SSSR count). The van der Waals surface area contributed by atoms with Gasteiger partial charge in [0.25, 0.3) is 0 Å². The normalized spacial score (nSPS) is 18.9. The standard InChI is InChI=1S/C22H20N2O.C20H22N2O.C18H18N2O.C15H17N3.C14H16N4/c1-14-12-13-17-16-8-4-7-11-20(16)25-22(17)21(14)24-15(2)23(3)18-9-5-6-10-19(18)24;1-13(2)21-11-12-22(15(21)4)19-14(3)9-10-17-16-7-5-6-8-18(16)23-20(17)19;1-12-8-9-15-14-6-4-5-7-16(14)21-18(15)17(12)20-11-10-19(3)13(20)2;1-11-7-4-5-8-13(11)18-12(2)17(3)15-14(18)9-6-10-16-15;1-10-6-4-5-7-12(10)18-11(2)17(3)13-14(18)16-9-8-15-13/h4-13,15H,1-3H3;5-13,15H,1-4H3;4-11,13H,1-3H3;4-10,12H,1-3H3;4-9,11H,1-3H3/t2*15-;13-;12-;11-/m00000/s1/i;;;2*3D3. The summed E-state index contributed by atoms with van der Waals surface area (Å²) in [7, 11) is 4.24. The molecule has 10 heterocycles. The third kappa shape index (κ3) is 12.0. The van der Waals surface area contributed by atoms with Gasteiger partial charge in [-0.05, 0) is 165 Å². The van der Waals surface area contributed by atoms with E-state index in [0.717, 1.165) is 73.1 Å². The molecule has 0 bridgehead atoms. The zero-order chi connectivity index (χ0) is 78.2. The van der Waals surface area contributed by atoms with Crippen molar-refractivity contribution in [2.24, 2.45) is 0 Å². The maximum atomic E-state index is 7.79. The van der Waals surface area contributed by atoms with Gasteiger partial charge in [-0.25, -0.2) is 15.0 Å². The van der Waals surface area contributed by atoms with Gasteiger partial charge in [0.05, 0.1) is 34.1 Å². The van der Waals surface area contributed by atoms with E-state index in [1.165, 1.54) is 82.1 Å². The Labute approximate surface area is 624 Å². The largest absolute Gasteiger partial charge is 0.454 e. The Bertz CT molecular complexity index is 5750. The molecule has 0 saturated heterocycles. The van der Waals surface area contributed by atoms with E-state index in [-0.39, 0.29) is 24.7 Å². The fourth-order valence-electron chi connectivity index (χ4n) is 15.4. The second-order valence-electron chi connectivity index (χ2n) is 28.0. The van der Waals surface area contributed by atoms with Crippen molar-refractivity contribution in [1.82, 2.24) is 24.8 Å². The van der Waals surface area contributed by atoms with E-state index in [2.05, 4.69) is 236 Å². The molecule has 5 atom stereocenters. The van der Waals surface area contributed by atoms with Crippen LogP contribution >= 0.6 is 0 Å². The van der Waals surface area contributed by atoms with Crippen LogP contribution in [0.15, 0.2) is 251 Å². The van der Waals surface area contributed by atoms with Gasteiger partial charge < -0.3 is 62.3 Å². The molecule has 9 aromatic carbocycles. The van der Waals surface area contributed by atoms with E-state index in [1.807, 2.05) is 135 Å². The van der Waals surface area contributed by atoms with Gasteiger partial charge in [0.15, 0.2) is 34.2 Å². The Hall–Kier alpha value is -11.9. The lowest BCUT2D eigenvalue weighted by atomic mass is 10.1. The van der Waals surface area contributed by atoms with Crippen molar-refractivity contribution in [3.63, 3.8) is 0 Å². The Balaban J connectivity index is 0.000000110. The lowest BCUT2D eigenvalue weighted by molar-refractivity contribution is 0.263. The lowest BCUT2D eigenvalue weighted by Crippen LogP contribution is -2.39. The summed E-state index contributed by atoms with van der Waals surface area (Å²) in [6, 6.07) is 66.5.